The van der Waals surface area contributed by atoms with E-state index in [0.29, 0.717) is 12.1 Å². The number of halogens is 2. The first-order valence-electron chi connectivity index (χ1n) is 3.31. The third-order valence-corrected chi connectivity index (χ3v) is 2.19. The molecule has 0 aliphatic heterocycles. The van der Waals surface area contributed by atoms with Crippen molar-refractivity contribution in [1.29, 1.82) is 0 Å². The lowest BCUT2D eigenvalue weighted by Crippen LogP contribution is -1.96. The average molecular weight is 232 g/mol. The van der Waals surface area contributed by atoms with Crippen LogP contribution in [0.15, 0.2) is 16.6 Å². The topological polar surface area (TPSA) is 29.1 Å². The number of anilines is 1. The summed E-state index contributed by atoms with van der Waals surface area (Å²) in [6.45, 7) is 1.76. The third-order valence-electron chi connectivity index (χ3n) is 1.39. The Kier molecular flexibility index (Phi) is 2.81. The Morgan fingerprint density at radius 2 is 2.25 bits per heavy atom. The Labute approximate surface area is 77.9 Å². The summed E-state index contributed by atoms with van der Waals surface area (Å²) in [7, 11) is 0. The predicted molar refractivity (Wildman–Crippen MR) is 48.5 cm³/mol. The zero-order valence-corrected chi connectivity index (χ0v) is 7.98. The minimum Gasteiger partial charge on any atom is -0.328 e. The van der Waals surface area contributed by atoms with Crippen LogP contribution in [0.5, 0.6) is 0 Å². The Morgan fingerprint density at radius 1 is 1.58 bits per heavy atom. The molecule has 0 radical (unpaired) electrons. The van der Waals surface area contributed by atoms with Gasteiger partial charge in [-0.15, -0.1) is 0 Å². The molecule has 0 saturated carbocycles. The number of nitrogens with one attached hydrogen (secondary N) is 1. The van der Waals surface area contributed by atoms with E-state index in [1.54, 1.807) is 13.0 Å². The molecule has 0 heterocycles. The lowest BCUT2D eigenvalue weighted by Gasteiger charge is -2.04. The van der Waals surface area contributed by atoms with Gasteiger partial charge in [-0.05, 0) is 40.5 Å². The number of carbonyl (C=O) groups excluding carboxylic acids is 1. The molecular formula is C8H7BrFNO. The van der Waals surface area contributed by atoms with Gasteiger partial charge in [0.1, 0.15) is 5.82 Å². The number of rotatable bonds is 2. The number of benzene rings is 1. The molecule has 4 heteroatoms. The summed E-state index contributed by atoms with van der Waals surface area (Å²) in [5, 5.41) is 2.39. The summed E-state index contributed by atoms with van der Waals surface area (Å²) >= 11 is 3.02. The van der Waals surface area contributed by atoms with Gasteiger partial charge in [-0.3, -0.25) is 4.79 Å². The molecule has 2 nitrogen and oxygen atoms in total. The van der Waals surface area contributed by atoms with E-state index in [-0.39, 0.29) is 10.3 Å². The molecule has 0 aromatic heterocycles. The Balaban J connectivity index is 3.17. The first kappa shape index (κ1) is 9.19. The van der Waals surface area contributed by atoms with Crippen LogP contribution in [0.1, 0.15) is 5.56 Å². The first-order chi connectivity index (χ1) is 5.65. The predicted octanol–water partition coefficient (Wildman–Crippen LogP) is 2.46. The molecule has 0 aliphatic rings. The van der Waals surface area contributed by atoms with E-state index in [4.69, 9.17) is 0 Å². The number of amides is 1. The second kappa shape index (κ2) is 3.67. The summed E-state index contributed by atoms with van der Waals surface area (Å²) in [5.41, 5.74) is 1.21. The van der Waals surface area contributed by atoms with E-state index in [9.17, 15) is 9.18 Å². The standard InChI is InChI=1S/C8H7BrFNO/c1-5-2-6(10)8(9)7(3-5)11-4-12/h2-4H,1H3,(H,11,12). The maximum Gasteiger partial charge on any atom is 0.211 e. The SMILES string of the molecule is Cc1cc(F)c(Br)c(NC=O)c1. The van der Waals surface area contributed by atoms with Crippen molar-refractivity contribution >= 4 is 28.0 Å². The van der Waals surface area contributed by atoms with Crippen LogP contribution in [0.2, 0.25) is 0 Å². The molecule has 12 heavy (non-hydrogen) atoms. The van der Waals surface area contributed by atoms with Crippen LogP contribution in [-0.2, 0) is 4.79 Å². The van der Waals surface area contributed by atoms with E-state index in [0.717, 1.165) is 5.56 Å². The highest BCUT2D eigenvalue weighted by molar-refractivity contribution is 9.10. The molecule has 1 aromatic rings. The van der Waals surface area contributed by atoms with Crippen LogP contribution in [0.25, 0.3) is 0 Å². The van der Waals surface area contributed by atoms with E-state index < -0.39 is 0 Å². The quantitative estimate of drug-likeness (QED) is 0.779. The third kappa shape index (κ3) is 1.82. The molecule has 0 aliphatic carbocycles. The van der Waals surface area contributed by atoms with Crippen molar-refractivity contribution in [2.45, 2.75) is 6.92 Å². The van der Waals surface area contributed by atoms with E-state index in [1.165, 1.54) is 6.07 Å². The minimum absolute atomic E-state index is 0.278. The zero-order chi connectivity index (χ0) is 9.14. The van der Waals surface area contributed by atoms with Crippen LogP contribution >= 0.6 is 15.9 Å². The Morgan fingerprint density at radius 3 is 2.83 bits per heavy atom. The van der Waals surface area contributed by atoms with Crippen LogP contribution in [-0.4, -0.2) is 6.41 Å². The highest BCUT2D eigenvalue weighted by Crippen LogP contribution is 2.26. The van der Waals surface area contributed by atoms with Gasteiger partial charge in [0.2, 0.25) is 6.41 Å². The molecule has 1 rings (SSSR count). The number of hydrogen-bond acceptors (Lipinski definition) is 1. The largest absolute Gasteiger partial charge is 0.328 e. The van der Waals surface area contributed by atoms with Gasteiger partial charge < -0.3 is 5.32 Å². The van der Waals surface area contributed by atoms with Crippen molar-refractivity contribution < 1.29 is 9.18 Å². The molecule has 1 amide bonds. The second-order valence-corrected chi connectivity index (χ2v) is 3.16. The highest BCUT2D eigenvalue weighted by Gasteiger charge is 2.05. The molecule has 1 N–H and O–H groups in total. The molecule has 0 saturated heterocycles. The molecule has 1 aromatic carbocycles. The molecule has 0 unspecified atom stereocenters. The molecule has 0 fully saturated rings. The van der Waals surface area contributed by atoms with Gasteiger partial charge in [-0.2, -0.15) is 0 Å². The summed E-state index contributed by atoms with van der Waals surface area (Å²) in [6.07, 6.45) is 0.513. The Hall–Kier alpha value is -0.900. The molecular weight excluding hydrogens is 225 g/mol. The van der Waals surface area contributed by atoms with Gasteiger partial charge in [0, 0.05) is 0 Å². The summed E-state index contributed by atoms with van der Waals surface area (Å²) < 4.78 is 13.2. The lowest BCUT2D eigenvalue weighted by molar-refractivity contribution is -0.105. The van der Waals surface area contributed by atoms with E-state index in [2.05, 4.69) is 21.2 Å². The van der Waals surface area contributed by atoms with Crippen LogP contribution in [0.4, 0.5) is 10.1 Å². The van der Waals surface area contributed by atoms with Crippen molar-refractivity contribution in [3.8, 4) is 0 Å². The summed E-state index contributed by atoms with van der Waals surface area (Å²) in [6, 6.07) is 3.07. The van der Waals surface area contributed by atoms with E-state index in [1.807, 2.05) is 0 Å². The van der Waals surface area contributed by atoms with Gasteiger partial charge in [-0.25, -0.2) is 4.39 Å². The molecule has 64 valence electrons. The lowest BCUT2D eigenvalue weighted by atomic mass is 10.2. The number of carbonyl (C=O) groups is 1. The number of hydrogen-bond donors (Lipinski definition) is 1. The van der Waals surface area contributed by atoms with Crippen molar-refractivity contribution in [2.24, 2.45) is 0 Å². The van der Waals surface area contributed by atoms with Crippen molar-refractivity contribution in [3.63, 3.8) is 0 Å². The molecule has 0 spiro atoms. The fraction of sp³-hybridized carbons (Fsp3) is 0.125. The maximum atomic E-state index is 13.0. The maximum absolute atomic E-state index is 13.0. The average Bonchev–Trinajstić information content (AvgIpc) is 2.00. The fourth-order valence-corrected chi connectivity index (χ4v) is 1.24. The molecule has 0 atom stereocenters. The Bertz CT molecular complexity index is 314. The van der Waals surface area contributed by atoms with Crippen molar-refractivity contribution in [2.75, 3.05) is 5.32 Å². The normalized spacial score (nSPS) is 9.58. The van der Waals surface area contributed by atoms with Gasteiger partial charge in [0.05, 0.1) is 10.2 Å². The zero-order valence-electron chi connectivity index (χ0n) is 6.40. The van der Waals surface area contributed by atoms with Gasteiger partial charge in [0.25, 0.3) is 0 Å². The van der Waals surface area contributed by atoms with Gasteiger partial charge in [-0.1, -0.05) is 0 Å². The highest BCUT2D eigenvalue weighted by atomic mass is 79.9. The summed E-state index contributed by atoms with van der Waals surface area (Å²) in [4.78, 5) is 10.1. The van der Waals surface area contributed by atoms with Crippen LogP contribution in [0.3, 0.4) is 0 Å². The van der Waals surface area contributed by atoms with Crippen molar-refractivity contribution in [1.82, 2.24) is 0 Å². The smallest absolute Gasteiger partial charge is 0.211 e. The molecule has 0 bridgehead atoms. The van der Waals surface area contributed by atoms with Gasteiger partial charge >= 0.3 is 0 Å². The van der Waals surface area contributed by atoms with E-state index >= 15 is 0 Å². The minimum atomic E-state index is -0.376. The van der Waals surface area contributed by atoms with Crippen LogP contribution < -0.4 is 5.32 Å². The number of aryl methyl sites for hydroxylation is 1. The van der Waals surface area contributed by atoms with Crippen molar-refractivity contribution in [3.05, 3.63) is 28.0 Å². The second-order valence-electron chi connectivity index (χ2n) is 2.37. The first-order valence-corrected chi connectivity index (χ1v) is 4.10. The summed E-state index contributed by atoms with van der Waals surface area (Å²) in [5.74, 6) is -0.376. The van der Waals surface area contributed by atoms with Gasteiger partial charge in [0.15, 0.2) is 0 Å². The van der Waals surface area contributed by atoms with Crippen LogP contribution in [0, 0.1) is 12.7 Å². The monoisotopic (exact) mass is 231 g/mol. The fourth-order valence-electron chi connectivity index (χ4n) is 0.893.